The summed E-state index contributed by atoms with van der Waals surface area (Å²) in [6, 6.07) is 12.8. The van der Waals surface area contributed by atoms with Gasteiger partial charge in [-0.3, -0.25) is 9.69 Å². The molecule has 2 aromatic carbocycles. The Hall–Kier alpha value is -2.71. The van der Waals surface area contributed by atoms with Crippen molar-refractivity contribution in [2.75, 3.05) is 34.0 Å². The highest BCUT2D eigenvalue weighted by atomic mass is 32.2. The number of likely N-dealkylation sites (N-methyl/N-ethyl adjacent to an activating group) is 1. The van der Waals surface area contributed by atoms with Gasteiger partial charge < -0.3 is 18.9 Å². The van der Waals surface area contributed by atoms with Crippen LogP contribution in [0.15, 0.2) is 47.4 Å². The number of carbonyl (C=O) groups is 1. The van der Waals surface area contributed by atoms with E-state index in [0.29, 0.717) is 40.5 Å². The Morgan fingerprint density at radius 3 is 2.23 bits per heavy atom. The molecule has 0 N–H and O–H groups in total. The minimum absolute atomic E-state index is 0.0934. The van der Waals surface area contributed by atoms with Gasteiger partial charge in [0, 0.05) is 12.1 Å². The molecule has 3 rings (SSSR count). The molecule has 1 aliphatic rings. The molecule has 0 spiro atoms. The number of methoxy groups -OCH3 is 2. The fourth-order valence-corrected chi connectivity index (χ4v) is 4.17. The van der Waals surface area contributed by atoms with E-state index in [1.807, 2.05) is 49.4 Å². The van der Waals surface area contributed by atoms with Crippen LogP contribution >= 0.6 is 24.0 Å². The maximum absolute atomic E-state index is 12.5. The van der Waals surface area contributed by atoms with Gasteiger partial charge in [0.1, 0.15) is 40.5 Å². The summed E-state index contributed by atoms with van der Waals surface area (Å²) in [7, 11) is 3.22. The average molecular weight is 446 g/mol. The topological polar surface area (TPSA) is 57.2 Å². The van der Waals surface area contributed by atoms with Crippen molar-refractivity contribution in [1.29, 1.82) is 0 Å². The molecule has 1 amide bonds. The largest absolute Gasteiger partial charge is 0.497 e. The van der Waals surface area contributed by atoms with E-state index in [-0.39, 0.29) is 5.91 Å². The molecular weight excluding hydrogens is 422 g/mol. The summed E-state index contributed by atoms with van der Waals surface area (Å²) in [5.41, 5.74) is 0.746. The summed E-state index contributed by atoms with van der Waals surface area (Å²) < 4.78 is 22.6. The van der Waals surface area contributed by atoms with Crippen LogP contribution in [0, 0.1) is 0 Å². The van der Waals surface area contributed by atoms with Crippen molar-refractivity contribution in [3.05, 3.63) is 52.9 Å². The number of carbonyl (C=O) groups excluding carboxylic acids is 1. The van der Waals surface area contributed by atoms with Crippen LogP contribution in [-0.2, 0) is 4.79 Å². The molecule has 158 valence electrons. The summed E-state index contributed by atoms with van der Waals surface area (Å²) >= 11 is 6.58. The zero-order valence-corrected chi connectivity index (χ0v) is 18.7. The molecule has 0 saturated carbocycles. The number of rotatable bonds is 9. The highest BCUT2D eigenvalue weighted by Gasteiger charge is 2.30. The van der Waals surface area contributed by atoms with Crippen LogP contribution in [0.2, 0.25) is 0 Å². The molecule has 0 aliphatic carbocycles. The molecule has 2 aromatic rings. The molecule has 0 radical (unpaired) electrons. The van der Waals surface area contributed by atoms with E-state index >= 15 is 0 Å². The van der Waals surface area contributed by atoms with Gasteiger partial charge in [0.25, 0.3) is 5.91 Å². The lowest BCUT2D eigenvalue weighted by atomic mass is 10.1. The summed E-state index contributed by atoms with van der Waals surface area (Å²) in [5.74, 6) is 2.72. The maximum Gasteiger partial charge on any atom is 0.266 e. The van der Waals surface area contributed by atoms with E-state index in [1.54, 1.807) is 25.2 Å². The number of hydrogen-bond donors (Lipinski definition) is 0. The van der Waals surface area contributed by atoms with Gasteiger partial charge in [-0.25, -0.2) is 0 Å². The maximum atomic E-state index is 12.5. The molecule has 1 saturated heterocycles. The van der Waals surface area contributed by atoms with E-state index in [4.69, 9.17) is 31.2 Å². The van der Waals surface area contributed by atoms with Crippen molar-refractivity contribution in [2.45, 2.75) is 6.92 Å². The van der Waals surface area contributed by atoms with Crippen LogP contribution in [0.1, 0.15) is 12.5 Å². The number of thioether (sulfide) groups is 1. The van der Waals surface area contributed by atoms with Gasteiger partial charge in [-0.15, -0.1) is 0 Å². The lowest BCUT2D eigenvalue weighted by Gasteiger charge is -2.12. The van der Waals surface area contributed by atoms with E-state index in [9.17, 15) is 4.79 Å². The Balaban J connectivity index is 1.68. The first kappa shape index (κ1) is 22.0. The zero-order valence-electron chi connectivity index (χ0n) is 17.0. The molecule has 0 aromatic heterocycles. The molecule has 8 heteroatoms. The first-order chi connectivity index (χ1) is 14.5. The number of benzene rings is 2. The number of amides is 1. The molecule has 1 heterocycles. The van der Waals surface area contributed by atoms with Crippen LogP contribution in [0.4, 0.5) is 0 Å². The number of ether oxygens (including phenoxy) is 4. The van der Waals surface area contributed by atoms with Gasteiger partial charge in [-0.05, 0) is 55.5 Å². The fraction of sp³-hybridized carbons (Fsp3) is 0.273. The lowest BCUT2D eigenvalue weighted by molar-refractivity contribution is -0.121. The predicted octanol–water partition coefficient (Wildman–Crippen LogP) is 4.38. The Kier molecular flexibility index (Phi) is 7.59. The molecule has 0 bridgehead atoms. The van der Waals surface area contributed by atoms with E-state index in [2.05, 4.69) is 0 Å². The number of thiocarbonyl (C=S) groups is 1. The average Bonchev–Trinajstić information content (AvgIpc) is 3.04. The molecule has 6 nitrogen and oxygen atoms in total. The van der Waals surface area contributed by atoms with Crippen LogP contribution in [-0.4, -0.2) is 49.1 Å². The molecular formula is C22H23NO5S2. The Bertz CT molecular complexity index is 943. The van der Waals surface area contributed by atoms with Gasteiger partial charge in [0.05, 0.1) is 19.1 Å². The van der Waals surface area contributed by atoms with Gasteiger partial charge >= 0.3 is 0 Å². The molecule has 0 atom stereocenters. The van der Waals surface area contributed by atoms with Crippen molar-refractivity contribution in [3.8, 4) is 23.0 Å². The number of nitrogens with zero attached hydrogens (tertiary/aromatic N) is 1. The third kappa shape index (κ3) is 5.25. The van der Waals surface area contributed by atoms with Gasteiger partial charge in [0.15, 0.2) is 0 Å². The minimum atomic E-state index is -0.0934. The van der Waals surface area contributed by atoms with Gasteiger partial charge in [-0.1, -0.05) is 24.0 Å². The zero-order chi connectivity index (χ0) is 21.5. The molecule has 1 aliphatic heterocycles. The highest BCUT2D eigenvalue weighted by Crippen LogP contribution is 2.35. The van der Waals surface area contributed by atoms with Crippen LogP contribution in [0.3, 0.4) is 0 Å². The third-order valence-electron chi connectivity index (χ3n) is 4.36. The van der Waals surface area contributed by atoms with Crippen LogP contribution in [0.5, 0.6) is 23.0 Å². The number of hydrogen-bond acceptors (Lipinski definition) is 7. The fourth-order valence-electron chi connectivity index (χ4n) is 2.79. The Labute approximate surface area is 185 Å². The van der Waals surface area contributed by atoms with Gasteiger partial charge in [0.2, 0.25) is 0 Å². The van der Waals surface area contributed by atoms with Gasteiger partial charge in [-0.2, -0.15) is 0 Å². The summed E-state index contributed by atoms with van der Waals surface area (Å²) in [5, 5.41) is 0. The second-order valence-corrected chi connectivity index (χ2v) is 7.88. The summed E-state index contributed by atoms with van der Waals surface area (Å²) in [6.45, 7) is 3.16. The molecule has 0 unspecified atom stereocenters. The molecule has 1 fully saturated rings. The summed E-state index contributed by atoms with van der Waals surface area (Å²) in [4.78, 5) is 14.7. The first-order valence-corrected chi connectivity index (χ1v) is 10.6. The van der Waals surface area contributed by atoms with E-state index < -0.39 is 0 Å². The van der Waals surface area contributed by atoms with Crippen LogP contribution < -0.4 is 18.9 Å². The monoisotopic (exact) mass is 445 g/mol. The Morgan fingerprint density at radius 2 is 1.60 bits per heavy atom. The normalized spacial score (nSPS) is 14.9. The predicted molar refractivity (Wildman–Crippen MR) is 123 cm³/mol. The highest BCUT2D eigenvalue weighted by molar-refractivity contribution is 8.26. The standard InChI is InChI=1S/C22H23NO5S2/c1-4-23-21(24)20(30-22(23)29)14-15-13-18(26-3)9-10-19(15)28-12-11-27-17-7-5-16(25-2)6-8-17/h5-10,13-14H,4,11-12H2,1-3H3. The SMILES string of the molecule is CCN1C(=O)C(=Cc2cc(OC)ccc2OCCOc2ccc(OC)cc2)SC1=S. The summed E-state index contributed by atoms with van der Waals surface area (Å²) in [6.07, 6.45) is 1.79. The van der Waals surface area contributed by atoms with Crippen molar-refractivity contribution in [2.24, 2.45) is 0 Å². The lowest BCUT2D eigenvalue weighted by Crippen LogP contribution is -2.27. The van der Waals surface area contributed by atoms with Crippen LogP contribution in [0.25, 0.3) is 6.08 Å². The van der Waals surface area contributed by atoms with E-state index in [1.165, 1.54) is 11.8 Å². The van der Waals surface area contributed by atoms with E-state index in [0.717, 1.165) is 17.1 Å². The van der Waals surface area contributed by atoms with Crippen molar-refractivity contribution in [1.82, 2.24) is 4.90 Å². The quantitative estimate of drug-likeness (QED) is 0.322. The van der Waals surface area contributed by atoms with Crippen molar-refractivity contribution in [3.63, 3.8) is 0 Å². The third-order valence-corrected chi connectivity index (χ3v) is 5.74. The minimum Gasteiger partial charge on any atom is -0.497 e. The smallest absolute Gasteiger partial charge is 0.266 e. The first-order valence-electron chi connectivity index (χ1n) is 9.38. The second kappa shape index (κ2) is 10.4. The Morgan fingerprint density at radius 1 is 0.967 bits per heavy atom. The van der Waals surface area contributed by atoms with Crippen molar-refractivity contribution < 1.29 is 23.7 Å². The second-order valence-electron chi connectivity index (χ2n) is 6.20. The van der Waals surface area contributed by atoms with Crippen molar-refractivity contribution >= 4 is 40.3 Å². The molecule has 30 heavy (non-hydrogen) atoms.